The number of carbonyl (C=O) groups is 1. The molecule has 2 N–H and O–H groups in total. The van der Waals surface area contributed by atoms with Crippen LogP contribution in [0, 0.1) is 0 Å². The molecule has 1 saturated heterocycles. The predicted molar refractivity (Wildman–Crippen MR) is 78.6 cm³/mol. The van der Waals surface area contributed by atoms with Crippen molar-refractivity contribution in [2.24, 2.45) is 0 Å². The Balaban J connectivity index is 0.00000180. The molecule has 1 aromatic carbocycles. The third kappa shape index (κ3) is 3.61. The highest BCUT2D eigenvalue weighted by Crippen LogP contribution is 2.18. The van der Waals surface area contributed by atoms with Crippen LogP contribution < -0.4 is 5.73 Å². The fraction of sp³-hybridized carbons (Fsp3) is 0.500. The van der Waals surface area contributed by atoms with Gasteiger partial charge in [-0.15, -0.1) is 12.4 Å². The number of anilines is 1. The van der Waals surface area contributed by atoms with Crippen molar-refractivity contribution in [2.45, 2.75) is 32.4 Å². The number of hydrogen-bond acceptors (Lipinski definition) is 3. The summed E-state index contributed by atoms with van der Waals surface area (Å²) in [6, 6.07) is 7.31. The zero-order valence-electron chi connectivity index (χ0n) is 11.3. The third-order valence-electron chi connectivity index (χ3n) is 3.33. The lowest BCUT2D eigenvalue weighted by Gasteiger charge is -2.38. The van der Waals surface area contributed by atoms with Crippen LogP contribution in [0.25, 0.3) is 0 Å². The van der Waals surface area contributed by atoms with Crippen LogP contribution in [-0.4, -0.2) is 36.1 Å². The minimum atomic E-state index is 0. The first-order chi connectivity index (χ1) is 8.61. The number of rotatable bonds is 2. The van der Waals surface area contributed by atoms with Crippen molar-refractivity contribution >= 4 is 24.0 Å². The molecule has 106 valence electrons. The molecular formula is C14H21ClN2O2. The van der Waals surface area contributed by atoms with Gasteiger partial charge in [-0.05, 0) is 31.5 Å². The minimum absolute atomic E-state index is 0. The number of hydrogen-bond donors (Lipinski definition) is 1. The molecule has 5 heteroatoms. The molecule has 2 atom stereocenters. The first-order valence-corrected chi connectivity index (χ1v) is 6.40. The summed E-state index contributed by atoms with van der Waals surface area (Å²) in [4.78, 5) is 14.4. The summed E-state index contributed by atoms with van der Waals surface area (Å²) in [5, 5.41) is 0. The number of carbonyl (C=O) groups excluding carboxylic acids is 1. The molecule has 2 unspecified atom stereocenters. The molecule has 1 aliphatic heterocycles. The summed E-state index contributed by atoms with van der Waals surface area (Å²) < 4.78 is 5.60. The van der Waals surface area contributed by atoms with Crippen molar-refractivity contribution in [3.05, 3.63) is 29.8 Å². The minimum Gasteiger partial charge on any atom is -0.399 e. The molecule has 19 heavy (non-hydrogen) atoms. The van der Waals surface area contributed by atoms with Gasteiger partial charge in [-0.2, -0.15) is 0 Å². The molecule has 0 saturated carbocycles. The molecule has 0 aliphatic carbocycles. The Morgan fingerprint density at radius 1 is 1.53 bits per heavy atom. The largest absolute Gasteiger partial charge is 0.399 e. The molecule has 1 heterocycles. The summed E-state index contributed by atoms with van der Waals surface area (Å²) in [5.41, 5.74) is 7.00. The van der Waals surface area contributed by atoms with Crippen LogP contribution in [0.5, 0.6) is 0 Å². The smallest absolute Gasteiger partial charge is 0.254 e. The monoisotopic (exact) mass is 284 g/mol. The van der Waals surface area contributed by atoms with Crippen molar-refractivity contribution in [3.63, 3.8) is 0 Å². The second-order valence-corrected chi connectivity index (χ2v) is 4.79. The Morgan fingerprint density at radius 2 is 2.26 bits per heavy atom. The van der Waals surface area contributed by atoms with Crippen LogP contribution in [-0.2, 0) is 4.74 Å². The standard InChI is InChI=1S/C14H20N2O2.ClH/c1-3-13-9-18-10(2)8-16(13)14(17)11-5-4-6-12(15)7-11;/h4-7,10,13H,3,8-9,15H2,1-2H3;1H. The number of morpholine rings is 1. The van der Waals surface area contributed by atoms with Gasteiger partial charge in [0.05, 0.1) is 18.8 Å². The van der Waals surface area contributed by atoms with E-state index in [1.54, 1.807) is 12.1 Å². The predicted octanol–water partition coefficient (Wildman–Crippen LogP) is 2.33. The highest BCUT2D eigenvalue weighted by molar-refractivity contribution is 5.95. The van der Waals surface area contributed by atoms with Gasteiger partial charge < -0.3 is 15.4 Å². The third-order valence-corrected chi connectivity index (χ3v) is 3.33. The van der Waals surface area contributed by atoms with Crippen molar-refractivity contribution < 1.29 is 9.53 Å². The summed E-state index contributed by atoms with van der Waals surface area (Å²) in [5.74, 6) is 0.0456. The topological polar surface area (TPSA) is 55.6 Å². The van der Waals surface area contributed by atoms with E-state index in [1.165, 1.54) is 0 Å². The first-order valence-electron chi connectivity index (χ1n) is 6.40. The van der Waals surface area contributed by atoms with E-state index in [-0.39, 0.29) is 30.5 Å². The molecule has 0 bridgehead atoms. The van der Waals surface area contributed by atoms with Gasteiger partial charge in [-0.3, -0.25) is 4.79 Å². The average Bonchev–Trinajstić information content (AvgIpc) is 2.38. The summed E-state index contributed by atoms with van der Waals surface area (Å²) in [6.45, 7) is 5.33. The molecule has 1 amide bonds. The van der Waals surface area contributed by atoms with E-state index >= 15 is 0 Å². The quantitative estimate of drug-likeness (QED) is 0.848. The Bertz CT molecular complexity index is 439. The normalized spacial score (nSPS) is 22.7. The van der Waals surface area contributed by atoms with Crippen LogP contribution in [0.1, 0.15) is 30.6 Å². The van der Waals surface area contributed by atoms with Crippen LogP contribution in [0.3, 0.4) is 0 Å². The van der Waals surface area contributed by atoms with Crippen LogP contribution in [0.2, 0.25) is 0 Å². The number of nitrogens with zero attached hydrogens (tertiary/aromatic N) is 1. The van der Waals surface area contributed by atoms with E-state index in [4.69, 9.17) is 10.5 Å². The second kappa shape index (κ2) is 6.78. The van der Waals surface area contributed by atoms with Gasteiger partial charge in [-0.1, -0.05) is 13.0 Å². The number of amides is 1. The van der Waals surface area contributed by atoms with Crippen LogP contribution in [0.15, 0.2) is 24.3 Å². The molecule has 1 aliphatic rings. The van der Waals surface area contributed by atoms with Gasteiger partial charge in [0.2, 0.25) is 0 Å². The Kier molecular flexibility index (Phi) is 5.63. The van der Waals surface area contributed by atoms with Gasteiger partial charge in [0.1, 0.15) is 0 Å². The first kappa shape index (κ1) is 15.8. The summed E-state index contributed by atoms with van der Waals surface area (Å²) >= 11 is 0. The van der Waals surface area contributed by atoms with Crippen molar-refractivity contribution in [2.75, 3.05) is 18.9 Å². The fourth-order valence-electron chi connectivity index (χ4n) is 2.27. The van der Waals surface area contributed by atoms with Gasteiger partial charge in [0.15, 0.2) is 0 Å². The maximum atomic E-state index is 12.5. The van der Waals surface area contributed by atoms with E-state index in [1.807, 2.05) is 24.0 Å². The Labute approximate surface area is 120 Å². The lowest BCUT2D eigenvalue weighted by molar-refractivity contribution is -0.0444. The molecule has 0 spiro atoms. The maximum Gasteiger partial charge on any atom is 0.254 e. The zero-order valence-corrected chi connectivity index (χ0v) is 12.2. The van der Waals surface area contributed by atoms with Gasteiger partial charge in [0, 0.05) is 17.8 Å². The van der Waals surface area contributed by atoms with Gasteiger partial charge in [-0.25, -0.2) is 0 Å². The number of halogens is 1. The molecular weight excluding hydrogens is 264 g/mol. The summed E-state index contributed by atoms with van der Waals surface area (Å²) in [7, 11) is 0. The number of ether oxygens (including phenoxy) is 1. The molecule has 1 fully saturated rings. The zero-order chi connectivity index (χ0) is 13.1. The van der Waals surface area contributed by atoms with Crippen molar-refractivity contribution in [1.29, 1.82) is 0 Å². The lowest BCUT2D eigenvalue weighted by Crippen LogP contribution is -2.51. The SMILES string of the molecule is CCC1COC(C)CN1C(=O)c1cccc(N)c1.Cl. The van der Waals surface area contributed by atoms with Crippen LogP contribution in [0.4, 0.5) is 5.69 Å². The van der Waals surface area contributed by atoms with E-state index in [0.29, 0.717) is 24.4 Å². The lowest BCUT2D eigenvalue weighted by atomic mass is 10.1. The number of benzene rings is 1. The van der Waals surface area contributed by atoms with Crippen molar-refractivity contribution in [1.82, 2.24) is 4.90 Å². The maximum absolute atomic E-state index is 12.5. The van der Waals surface area contributed by atoms with E-state index in [9.17, 15) is 4.79 Å². The fourth-order valence-corrected chi connectivity index (χ4v) is 2.27. The van der Waals surface area contributed by atoms with E-state index in [0.717, 1.165) is 6.42 Å². The van der Waals surface area contributed by atoms with Gasteiger partial charge >= 0.3 is 0 Å². The van der Waals surface area contributed by atoms with E-state index in [2.05, 4.69) is 6.92 Å². The number of nitrogen functional groups attached to an aromatic ring is 1. The highest BCUT2D eigenvalue weighted by Gasteiger charge is 2.29. The second-order valence-electron chi connectivity index (χ2n) is 4.79. The van der Waals surface area contributed by atoms with Gasteiger partial charge in [0.25, 0.3) is 5.91 Å². The molecule has 0 radical (unpaired) electrons. The van der Waals surface area contributed by atoms with Crippen molar-refractivity contribution in [3.8, 4) is 0 Å². The average molecular weight is 285 g/mol. The summed E-state index contributed by atoms with van der Waals surface area (Å²) in [6.07, 6.45) is 0.999. The van der Waals surface area contributed by atoms with Crippen LogP contribution >= 0.6 is 12.4 Å². The molecule has 2 rings (SSSR count). The van der Waals surface area contributed by atoms with E-state index < -0.39 is 0 Å². The molecule has 0 aromatic heterocycles. The molecule has 4 nitrogen and oxygen atoms in total. The Morgan fingerprint density at radius 3 is 2.89 bits per heavy atom. The Hall–Kier alpha value is -1.26. The number of nitrogens with two attached hydrogens (primary N) is 1. The highest BCUT2D eigenvalue weighted by atomic mass is 35.5. The molecule has 1 aromatic rings.